The SMILES string of the molecule is C[C@@H](Br)C(=O)C1CC1. The number of carbonyl (C=O) groups is 1. The van der Waals surface area contributed by atoms with Gasteiger partial charge in [-0.05, 0) is 19.8 Å². The molecule has 0 amide bonds. The first-order chi connectivity index (χ1) is 3.72. The predicted molar refractivity (Wildman–Crippen MR) is 36.1 cm³/mol. The van der Waals surface area contributed by atoms with Crippen molar-refractivity contribution in [3.8, 4) is 0 Å². The van der Waals surface area contributed by atoms with Gasteiger partial charge in [-0.25, -0.2) is 0 Å². The van der Waals surface area contributed by atoms with E-state index in [1.807, 2.05) is 6.92 Å². The zero-order chi connectivity index (χ0) is 6.15. The van der Waals surface area contributed by atoms with Crippen LogP contribution in [0, 0.1) is 5.92 Å². The van der Waals surface area contributed by atoms with Crippen molar-refractivity contribution >= 4 is 21.7 Å². The van der Waals surface area contributed by atoms with E-state index in [9.17, 15) is 4.79 Å². The van der Waals surface area contributed by atoms with Crippen molar-refractivity contribution < 1.29 is 4.79 Å². The van der Waals surface area contributed by atoms with Crippen LogP contribution in [0.1, 0.15) is 19.8 Å². The maximum Gasteiger partial charge on any atom is 0.149 e. The molecule has 0 heterocycles. The van der Waals surface area contributed by atoms with E-state index in [4.69, 9.17) is 0 Å². The van der Waals surface area contributed by atoms with Crippen LogP contribution in [0.5, 0.6) is 0 Å². The summed E-state index contributed by atoms with van der Waals surface area (Å²) in [5, 5.41) is 0. The molecule has 0 aromatic heterocycles. The first-order valence-electron chi connectivity index (χ1n) is 2.89. The van der Waals surface area contributed by atoms with E-state index in [2.05, 4.69) is 15.9 Å². The molecule has 0 unspecified atom stereocenters. The van der Waals surface area contributed by atoms with Crippen molar-refractivity contribution in [3.63, 3.8) is 0 Å². The van der Waals surface area contributed by atoms with Crippen LogP contribution in [0.15, 0.2) is 0 Å². The van der Waals surface area contributed by atoms with Gasteiger partial charge >= 0.3 is 0 Å². The quantitative estimate of drug-likeness (QED) is 0.587. The van der Waals surface area contributed by atoms with E-state index in [0.717, 1.165) is 12.8 Å². The topological polar surface area (TPSA) is 17.1 Å². The third-order valence-electron chi connectivity index (χ3n) is 1.37. The van der Waals surface area contributed by atoms with Crippen LogP contribution in [-0.4, -0.2) is 10.6 Å². The van der Waals surface area contributed by atoms with Crippen molar-refractivity contribution in [2.75, 3.05) is 0 Å². The third kappa shape index (κ3) is 1.31. The molecule has 0 aliphatic heterocycles. The van der Waals surface area contributed by atoms with Crippen LogP contribution in [0.4, 0.5) is 0 Å². The van der Waals surface area contributed by atoms with E-state index in [1.54, 1.807) is 0 Å². The number of rotatable bonds is 2. The van der Waals surface area contributed by atoms with Crippen LogP contribution in [0.25, 0.3) is 0 Å². The Balaban J connectivity index is 2.33. The van der Waals surface area contributed by atoms with Crippen LogP contribution >= 0.6 is 15.9 Å². The molecule has 1 aliphatic carbocycles. The van der Waals surface area contributed by atoms with Crippen molar-refractivity contribution in [2.24, 2.45) is 5.92 Å². The van der Waals surface area contributed by atoms with Gasteiger partial charge in [-0.15, -0.1) is 0 Å². The second-order valence-corrected chi connectivity index (χ2v) is 3.67. The Morgan fingerprint density at radius 1 is 1.75 bits per heavy atom. The van der Waals surface area contributed by atoms with Crippen molar-refractivity contribution in [1.82, 2.24) is 0 Å². The summed E-state index contributed by atoms with van der Waals surface area (Å²) in [7, 11) is 0. The fourth-order valence-corrected chi connectivity index (χ4v) is 1.07. The minimum atomic E-state index is 0.0787. The average molecular weight is 177 g/mol. The highest BCUT2D eigenvalue weighted by molar-refractivity contribution is 9.10. The maximum atomic E-state index is 10.9. The van der Waals surface area contributed by atoms with Gasteiger partial charge in [0.2, 0.25) is 0 Å². The molecule has 0 N–H and O–H groups in total. The molecule has 0 aromatic carbocycles. The summed E-state index contributed by atoms with van der Waals surface area (Å²) in [4.78, 5) is 10.9. The second kappa shape index (κ2) is 2.18. The van der Waals surface area contributed by atoms with Gasteiger partial charge in [-0.2, -0.15) is 0 Å². The Bertz CT molecular complexity index is 101. The Morgan fingerprint density at radius 3 is 2.38 bits per heavy atom. The molecular formula is C6H9BrO. The average Bonchev–Trinajstić information content (AvgIpc) is 2.43. The highest BCUT2D eigenvalue weighted by Gasteiger charge is 2.31. The molecule has 1 aliphatic rings. The number of hydrogen-bond donors (Lipinski definition) is 0. The molecule has 1 rings (SSSR count). The lowest BCUT2D eigenvalue weighted by molar-refractivity contribution is -0.119. The number of carbonyl (C=O) groups excluding carboxylic acids is 1. The highest BCUT2D eigenvalue weighted by Crippen LogP contribution is 2.32. The molecule has 46 valence electrons. The minimum absolute atomic E-state index is 0.0787. The van der Waals surface area contributed by atoms with Crippen molar-refractivity contribution in [1.29, 1.82) is 0 Å². The van der Waals surface area contributed by atoms with Crippen LogP contribution < -0.4 is 0 Å². The van der Waals surface area contributed by atoms with E-state index in [-0.39, 0.29) is 4.83 Å². The fourth-order valence-electron chi connectivity index (χ4n) is 0.693. The van der Waals surface area contributed by atoms with Crippen molar-refractivity contribution in [3.05, 3.63) is 0 Å². The second-order valence-electron chi connectivity index (χ2n) is 2.29. The van der Waals surface area contributed by atoms with Gasteiger partial charge in [0.05, 0.1) is 4.83 Å². The van der Waals surface area contributed by atoms with E-state index < -0.39 is 0 Å². The Hall–Kier alpha value is 0.150. The summed E-state index contributed by atoms with van der Waals surface area (Å²) in [6.07, 6.45) is 2.24. The van der Waals surface area contributed by atoms with Crippen LogP contribution in [0.3, 0.4) is 0 Å². The van der Waals surface area contributed by atoms with Gasteiger partial charge in [-0.1, -0.05) is 15.9 Å². The fraction of sp³-hybridized carbons (Fsp3) is 0.833. The molecule has 0 spiro atoms. The summed E-state index contributed by atoms with van der Waals surface area (Å²) in [5.74, 6) is 0.786. The summed E-state index contributed by atoms with van der Waals surface area (Å²) >= 11 is 3.23. The molecule has 0 aromatic rings. The summed E-state index contributed by atoms with van der Waals surface area (Å²) in [6, 6.07) is 0. The molecule has 0 saturated heterocycles. The standard InChI is InChI=1S/C6H9BrO/c1-4(7)6(8)5-2-3-5/h4-5H,2-3H2,1H3/t4-/m1/s1. The Labute approximate surface area is 57.6 Å². The van der Waals surface area contributed by atoms with E-state index >= 15 is 0 Å². The van der Waals surface area contributed by atoms with E-state index in [1.165, 1.54) is 0 Å². The first kappa shape index (κ1) is 6.27. The predicted octanol–water partition coefficient (Wildman–Crippen LogP) is 1.75. The molecule has 2 heteroatoms. The number of Topliss-reactive ketones (excluding diaryl/α,β-unsaturated/α-hetero) is 1. The molecule has 1 saturated carbocycles. The minimum Gasteiger partial charge on any atom is -0.298 e. The van der Waals surface area contributed by atoms with Gasteiger partial charge in [0.15, 0.2) is 0 Å². The van der Waals surface area contributed by atoms with Gasteiger partial charge < -0.3 is 0 Å². The third-order valence-corrected chi connectivity index (χ3v) is 1.82. The molecule has 1 atom stereocenters. The van der Waals surface area contributed by atoms with Gasteiger partial charge in [0.1, 0.15) is 5.78 Å². The van der Waals surface area contributed by atoms with Crippen LogP contribution in [0.2, 0.25) is 0 Å². The van der Waals surface area contributed by atoms with E-state index in [0.29, 0.717) is 11.7 Å². The smallest absolute Gasteiger partial charge is 0.149 e. The zero-order valence-electron chi connectivity index (χ0n) is 4.86. The normalized spacial score (nSPS) is 22.8. The number of ketones is 1. The Kier molecular flexibility index (Phi) is 1.71. The lowest BCUT2D eigenvalue weighted by Crippen LogP contribution is -2.10. The monoisotopic (exact) mass is 176 g/mol. The Morgan fingerprint density at radius 2 is 2.25 bits per heavy atom. The van der Waals surface area contributed by atoms with Gasteiger partial charge in [-0.3, -0.25) is 4.79 Å². The largest absolute Gasteiger partial charge is 0.298 e. The number of halogens is 1. The maximum absolute atomic E-state index is 10.9. The van der Waals surface area contributed by atoms with Crippen LogP contribution in [-0.2, 0) is 4.79 Å². The number of hydrogen-bond acceptors (Lipinski definition) is 1. The molecule has 0 bridgehead atoms. The van der Waals surface area contributed by atoms with Crippen molar-refractivity contribution in [2.45, 2.75) is 24.6 Å². The first-order valence-corrected chi connectivity index (χ1v) is 3.81. The molecule has 1 nitrogen and oxygen atoms in total. The molecular weight excluding hydrogens is 168 g/mol. The number of alkyl halides is 1. The molecule has 8 heavy (non-hydrogen) atoms. The lowest BCUT2D eigenvalue weighted by Gasteiger charge is -1.96. The molecule has 0 radical (unpaired) electrons. The highest BCUT2D eigenvalue weighted by atomic mass is 79.9. The van der Waals surface area contributed by atoms with Gasteiger partial charge in [0.25, 0.3) is 0 Å². The summed E-state index contributed by atoms with van der Waals surface area (Å²) in [5.41, 5.74) is 0. The lowest BCUT2D eigenvalue weighted by atomic mass is 10.2. The van der Waals surface area contributed by atoms with Gasteiger partial charge in [0, 0.05) is 5.92 Å². The summed E-state index contributed by atoms with van der Waals surface area (Å²) < 4.78 is 0. The molecule has 1 fully saturated rings. The zero-order valence-corrected chi connectivity index (χ0v) is 6.44. The summed E-state index contributed by atoms with van der Waals surface area (Å²) in [6.45, 7) is 1.89.